The second kappa shape index (κ2) is 4.26. The third-order valence-corrected chi connectivity index (χ3v) is 2.24. The van der Waals surface area contributed by atoms with Gasteiger partial charge in [0.25, 0.3) is 0 Å². The van der Waals surface area contributed by atoms with Gasteiger partial charge in [0.1, 0.15) is 11.5 Å². The molecule has 0 aromatic carbocycles. The first-order valence-corrected chi connectivity index (χ1v) is 4.64. The molecule has 0 saturated heterocycles. The Morgan fingerprint density at radius 2 is 2.00 bits per heavy atom. The summed E-state index contributed by atoms with van der Waals surface area (Å²) in [7, 11) is 1.51. The lowest BCUT2D eigenvalue weighted by molar-refractivity contribution is -0.140. The Morgan fingerprint density at radius 3 is 2.33 bits per heavy atom. The van der Waals surface area contributed by atoms with Gasteiger partial charge in [-0.1, -0.05) is 0 Å². The van der Waals surface area contributed by atoms with Crippen LogP contribution in [0.15, 0.2) is 10.5 Å². The molecule has 2 nitrogen and oxygen atoms in total. The fourth-order valence-electron chi connectivity index (χ4n) is 1.60. The zero-order valence-corrected chi connectivity index (χ0v) is 8.90. The van der Waals surface area contributed by atoms with E-state index in [2.05, 4.69) is 5.32 Å². The lowest BCUT2D eigenvalue weighted by Gasteiger charge is -2.17. The Morgan fingerprint density at radius 1 is 1.40 bits per heavy atom. The van der Waals surface area contributed by atoms with Gasteiger partial charge in [-0.3, -0.25) is 0 Å². The van der Waals surface area contributed by atoms with Gasteiger partial charge in [-0.25, -0.2) is 0 Å². The van der Waals surface area contributed by atoms with Crippen LogP contribution < -0.4 is 5.32 Å². The molecule has 5 heteroatoms. The molecule has 86 valence electrons. The van der Waals surface area contributed by atoms with Gasteiger partial charge < -0.3 is 9.73 Å². The first-order chi connectivity index (χ1) is 6.83. The van der Waals surface area contributed by atoms with Crippen molar-refractivity contribution >= 4 is 0 Å². The van der Waals surface area contributed by atoms with Crippen molar-refractivity contribution in [2.24, 2.45) is 0 Å². The molecule has 0 aliphatic heterocycles. The van der Waals surface area contributed by atoms with Gasteiger partial charge in [0, 0.05) is 11.6 Å². The summed E-state index contributed by atoms with van der Waals surface area (Å²) in [4.78, 5) is 0. The largest absolute Gasteiger partial charge is 0.466 e. The topological polar surface area (TPSA) is 25.2 Å². The average molecular weight is 221 g/mol. The molecule has 1 heterocycles. The minimum Gasteiger partial charge on any atom is -0.466 e. The molecule has 1 aromatic heterocycles. The number of rotatable bonds is 3. The molecule has 0 fully saturated rings. The van der Waals surface area contributed by atoms with E-state index in [0.717, 1.165) is 0 Å². The van der Waals surface area contributed by atoms with E-state index in [9.17, 15) is 13.2 Å². The molecule has 0 aliphatic rings. The Bertz CT molecular complexity index is 330. The first kappa shape index (κ1) is 12.1. The van der Waals surface area contributed by atoms with Crippen molar-refractivity contribution in [2.45, 2.75) is 32.5 Å². The fourth-order valence-corrected chi connectivity index (χ4v) is 1.60. The molecule has 0 radical (unpaired) electrons. The van der Waals surface area contributed by atoms with Gasteiger partial charge in [0.05, 0.1) is 6.42 Å². The molecular weight excluding hydrogens is 207 g/mol. The highest BCUT2D eigenvalue weighted by atomic mass is 19.4. The first-order valence-electron chi connectivity index (χ1n) is 4.64. The Balaban J connectivity index is 2.88. The molecule has 0 spiro atoms. The Labute approximate surface area is 86.5 Å². The fraction of sp³-hybridized carbons (Fsp3) is 0.600. The van der Waals surface area contributed by atoms with Gasteiger partial charge in [0.15, 0.2) is 0 Å². The van der Waals surface area contributed by atoms with Crippen LogP contribution in [0.2, 0.25) is 0 Å². The smallest absolute Gasteiger partial charge is 0.390 e. The number of aryl methyl sites for hydroxylation is 2. The van der Waals surface area contributed by atoms with Crippen LogP contribution in [0.3, 0.4) is 0 Å². The van der Waals surface area contributed by atoms with Crippen molar-refractivity contribution in [3.05, 3.63) is 23.2 Å². The average Bonchev–Trinajstić information content (AvgIpc) is 2.39. The summed E-state index contributed by atoms with van der Waals surface area (Å²) in [6.07, 6.45) is -5.06. The van der Waals surface area contributed by atoms with Crippen LogP contribution in [0.25, 0.3) is 0 Å². The summed E-state index contributed by atoms with van der Waals surface area (Å²) >= 11 is 0. The molecule has 0 aliphatic carbocycles. The van der Waals surface area contributed by atoms with E-state index in [-0.39, 0.29) is 0 Å². The molecule has 0 saturated carbocycles. The summed E-state index contributed by atoms with van der Waals surface area (Å²) < 4.78 is 41.9. The lowest BCUT2D eigenvalue weighted by Crippen LogP contribution is -2.23. The molecule has 0 amide bonds. The van der Waals surface area contributed by atoms with Gasteiger partial charge >= 0.3 is 6.18 Å². The molecule has 1 N–H and O–H groups in total. The van der Waals surface area contributed by atoms with E-state index in [0.29, 0.717) is 17.1 Å². The third kappa shape index (κ3) is 3.27. The quantitative estimate of drug-likeness (QED) is 0.848. The van der Waals surface area contributed by atoms with E-state index in [1.54, 1.807) is 19.9 Å². The number of nitrogens with one attached hydrogen (secondary N) is 1. The van der Waals surface area contributed by atoms with Crippen molar-refractivity contribution in [1.29, 1.82) is 0 Å². The van der Waals surface area contributed by atoms with Gasteiger partial charge in [-0.05, 0) is 27.0 Å². The normalized spacial score (nSPS) is 14.3. The van der Waals surface area contributed by atoms with Crippen molar-refractivity contribution in [3.63, 3.8) is 0 Å². The maximum absolute atomic E-state index is 12.2. The van der Waals surface area contributed by atoms with E-state index < -0.39 is 18.6 Å². The zero-order valence-electron chi connectivity index (χ0n) is 8.90. The van der Waals surface area contributed by atoms with Crippen molar-refractivity contribution < 1.29 is 17.6 Å². The Kier molecular flexibility index (Phi) is 3.44. The maximum Gasteiger partial charge on any atom is 0.390 e. The van der Waals surface area contributed by atoms with Gasteiger partial charge in [-0.15, -0.1) is 0 Å². The van der Waals surface area contributed by atoms with Crippen LogP contribution in [-0.4, -0.2) is 13.2 Å². The van der Waals surface area contributed by atoms with E-state index >= 15 is 0 Å². The molecule has 1 aromatic rings. The maximum atomic E-state index is 12.2. The molecule has 0 bridgehead atoms. The van der Waals surface area contributed by atoms with E-state index in [1.807, 2.05) is 0 Å². The lowest BCUT2D eigenvalue weighted by atomic mass is 10.0. The Hall–Kier alpha value is -0.970. The SMILES string of the molecule is CNC(CC(F)(F)F)c1cc(C)oc1C. The van der Waals surface area contributed by atoms with E-state index in [1.165, 1.54) is 7.05 Å². The van der Waals surface area contributed by atoms with Gasteiger partial charge in [-0.2, -0.15) is 13.2 Å². The van der Waals surface area contributed by atoms with Crippen molar-refractivity contribution in [1.82, 2.24) is 5.32 Å². The minimum atomic E-state index is -4.18. The second-order valence-electron chi connectivity index (χ2n) is 3.53. The number of halogens is 3. The van der Waals surface area contributed by atoms with Crippen LogP contribution >= 0.6 is 0 Å². The summed E-state index contributed by atoms with van der Waals surface area (Å²) in [6.45, 7) is 3.39. The molecule has 1 rings (SSSR count). The molecular formula is C10H14F3NO. The highest BCUT2D eigenvalue weighted by Gasteiger charge is 2.33. The predicted octanol–water partition coefficient (Wildman–Crippen LogP) is 3.11. The number of furan rings is 1. The molecule has 15 heavy (non-hydrogen) atoms. The predicted molar refractivity (Wildman–Crippen MR) is 50.7 cm³/mol. The summed E-state index contributed by atoms with van der Waals surface area (Å²) in [5.41, 5.74) is 0.576. The molecule has 1 atom stereocenters. The van der Waals surface area contributed by atoms with Crippen molar-refractivity contribution in [3.8, 4) is 0 Å². The minimum absolute atomic E-state index is 0.538. The summed E-state index contributed by atoms with van der Waals surface area (Å²) in [5, 5.41) is 2.65. The second-order valence-corrected chi connectivity index (χ2v) is 3.53. The van der Waals surface area contributed by atoms with Gasteiger partial charge in [0.2, 0.25) is 0 Å². The van der Waals surface area contributed by atoms with Crippen LogP contribution in [0.5, 0.6) is 0 Å². The van der Waals surface area contributed by atoms with Crippen molar-refractivity contribution in [2.75, 3.05) is 7.05 Å². The number of hydrogen-bond acceptors (Lipinski definition) is 2. The van der Waals surface area contributed by atoms with Crippen LogP contribution in [0, 0.1) is 13.8 Å². The summed E-state index contributed by atoms with van der Waals surface area (Å²) in [5.74, 6) is 1.17. The third-order valence-electron chi connectivity index (χ3n) is 2.24. The molecule has 1 unspecified atom stereocenters. The zero-order chi connectivity index (χ0) is 11.6. The number of alkyl halides is 3. The van der Waals surface area contributed by atoms with Crippen LogP contribution in [0.4, 0.5) is 13.2 Å². The highest BCUT2D eigenvalue weighted by molar-refractivity contribution is 5.24. The standard InChI is InChI=1S/C10H14F3NO/c1-6-4-8(7(2)15-6)9(14-3)5-10(11,12)13/h4,9,14H,5H2,1-3H3. The number of hydrogen-bond donors (Lipinski definition) is 1. The van der Waals surface area contributed by atoms with E-state index in [4.69, 9.17) is 4.42 Å². The van der Waals surface area contributed by atoms with Crippen LogP contribution in [0.1, 0.15) is 29.5 Å². The monoisotopic (exact) mass is 221 g/mol. The summed E-state index contributed by atoms with van der Waals surface area (Å²) in [6, 6.07) is 0.907. The highest BCUT2D eigenvalue weighted by Crippen LogP contribution is 2.31. The van der Waals surface area contributed by atoms with Crippen LogP contribution in [-0.2, 0) is 0 Å².